The van der Waals surface area contributed by atoms with E-state index in [1.54, 1.807) is 12.1 Å². The number of aliphatic hydroxyl groups excluding tert-OH is 1. The van der Waals surface area contributed by atoms with Crippen molar-refractivity contribution < 1.29 is 9.52 Å². The number of furan rings is 1. The van der Waals surface area contributed by atoms with Gasteiger partial charge in [-0.1, -0.05) is 0 Å². The summed E-state index contributed by atoms with van der Waals surface area (Å²) in [6.45, 7) is -0.128. The van der Waals surface area contributed by atoms with Crippen LogP contribution >= 0.6 is 0 Å². The van der Waals surface area contributed by atoms with Crippen LogP contribution in [0.1, 0.15) is 11.6 Å². The van der Waals surface area contributed by atoms with E-state index in [9.17, 15) is 0 Å². The highest BCUT2D eigenvalue weighted by atomic mass is 16.4. The number of benzene rings is 1. The standard InChI is InChI=1S/C15H12N6O2/c16-7-11(15-18-20-21-19-15)8-17-12-3-1-10(2-4-12)14-6-5-13(9-22)23-14/h1-6,8,17,22H,9H2,(H,18,19,20,21). The third-order valence-electron chi connectivity index (χ3n) is 3.08. The fraction of sp³-hybridized carbons (Fsp3) is 0.0667. The number of anilines is 1. The summed E-state index contributed by atoms with van der Waals surface area (Å²) in [5.41, 5.74) is 1.94. The van der Waals surface area contributed by atoms with Crippen LogP contribution < -0.4 is 5.32 Å². The lowest BCUT2D eigenvalue weighted by Crippen LogP contribution is -1.92. The van der Waals surface area contributed by atoms with Gasteiger partial charge in [-0.15, -0.1) is 10.2 Å². The first-order valence-corrected chi connectivity index (χ1v) is 6.71. The lowest BCUT2D eigenvalue weighted by Gasteiger charge is -2.03. The van der Waals surface area contributed by atoms with Crippen LogP contribution in [0.3, 0.4) is 0 Å². The summed E-state index contributed by atoms with van der Waals surface area (Å²) in [7, 11) is 0. The number of hydrogen-bond acceptors (Lipinski definition) is 7. The number of hydrogen-bond donors (Lipinski definition) is 3. The lowest BCUT2D eigenvalue weighted by atomic mass is 10.1. The van der Waals surface area contributed by atoms with Crippen molar-refractivity contribution in [3.05, 3.63) is 54.2 Å². The van der Waals surface area contributed by atoms with E-state index >= 15 is 0 Å². The van der Waals surface area contributed by atoms with E-state index in [1.807, 2.05) is 30.3 Å². The summed E-state index contributed by atoms with van der Waals surface area (Å²) in [4.78, 5) is 0. The van der Waals surface area contributed by atoms with Crippen molar-refractivity contribution in [2.24, 2.45) is 0 Å². The van der Waals surface area contributed by atoms with Crippen molar-refractivity contribution in [1.82, 2.24) is 20.6 Å². The number of H-pyrrole nitrogens is 1. The SMILES string of the molecule is N#CC(=CNc1ccc(-c2ccc(CO)o2)cc1)c1nn[nH]n1. The molecule has 0 aliphatic heterocycles. The second-order valence-electron chi connectivity index (χ2n) is 4.55. The van der Waals surface area contributed by atoms with Gasteiger partial charge in [0.25, 0.3) is 0 Å². The third-order valence-corrected chi connectivity index (χ3v) is 3.08. The molecule has 0 aliphatic rings. The first-order chi connectivity index (χ1) is 11.3. The van der Waals surface area contributed by atoms with Gasteiger partial charge >= 0.3 is 0 Å². The van der Waals surface area contributed by atoms with E-state index in [1.165, 1.54) is 6.20 Å². The van der Waals surface area contributed by atoms with Crippen molar-refractivity contribution in [3.8, 4) is 17.4 Å². The topological polar surface area (TPSA) is 124 Å². The Balaban J connectivity index is 1.74. The highest BCUT2D eigenvalue weighted by Gasteiger charge is 2.06. The number of nitrogens with one attached hydrogen (secondary N) is 2. The molecule has 2 aromatic heterocycles. The zero-order valence-electron chi connectivity index (χ0n) is 11.9. The third kappa shape index (κ3) is 3.25. The Bertz CT molecular complexity index is 843. The van der Waals surface area contributed by atoms with Crippen molar-refractivity contribution in [3.63, 3.8) is 0 Å². The summed E-state index contributed by atoms with van der Waals surface area (Å²) in [5.74, 6) is 1.42. The molecule has 23 heavy (non-hydrogen) atoms. The first kappa shape index (κ1) is 14.5. The molecule has 0 bridgehead atoms. The Morgan fingerprint density at radius 3 is 2.74 bits per heavy atom. The first-order valence-electron chi connectivity index (χ1n) is 6.71. The van der Waals surface area contributed by atoms with E-state index in [-0.39, 0.29) is 18.0 Å². The normalized spacial score (nSPS) is 11.2. The Labute approximate surface area is 131 Å². The van der Waals surface area contributed by atoms with Crippen LogP contribution in [0.2, 0.25) is 0 Å². The average Bonchev–Trinajstić information content (AvgIpc) is 3.28. The summed E-state index contributed by atoms with van der Waals surface area (Å²) >= 11 is 0. The molecule has 3 rings (SSSR count). The number of allylic oxidation sites excluding steroid dienone is 1. The molecule has 8 nitrogen and oxygen atoms in total. The Morgan fingerprint density at radius 1 is 1.30 bits per heavy atom. The molecule has 0 spiro atoms. The summed E-state index contributed by atoms with van der Waals surface area (Å²) in [6.07, 6.45) is 1.51. The van der Waals surface area contributed by atoms with Crippen LogP contribution in [0.4, 0.5) is 5.69 Å². The van der Waals surface area contributed by atoms with Crippen LogP contribution in [-0.4, -0.2) is 25.7 Å². The predicted molar refractivity (Wildman–Crippen MR) is 81.5 cm³/mol. The number of aromatic amines is 1. The van der Waals surface area contributed by atoms with Gasteiger partial charge in [-0.25, -0.2) is 0 Å². The van der Waals surface area contributed by atoms with Gasteiger partial charge in [0.05, 0.1) is 0 Å². The minimum absolute atomic E-state index is 0.128. The molecule has 0 amide bonds. The molecular formula is C15H12N6O2. The van der Waals surface area contributed by atoms with Gasteiger partial charge in [-0.3, -0.25) is 0 Å². The number of rotatable bonds is 5. The number of tetrazole rings is 1. The van der Waals surface area contributed by atoms with Gasteiger partial charge in [-0.05, 0) is 41.6 Å². The quantitative estimate of drug-likeness (QED) is 0.615. The van der Waals surface area contributed by atoms with Crippen LogP contribution in [0, 0.1) is 11.3 Å². The van der Waals surface area contributed by atoms with Gasteiger partial charge in [0.1, 0.15) is 29.8 Å². The second-order valence-corrected chi connectivity index (χ2v) is 4.55. The Hall–Kier alpha value is -3.44. The van der Waals surface area contributed by atoms with Crippen molar-refractivity contribution in [2.45, 2.75) is 6.61 Å². The molecule has 0 radical (unpaired) electrons. The number of aliphatic hydroxyl groups is 1. The van der Waals surface area contributed by atoms with Gasteiger partial charge < -0.3 is 14.8 Å². The smallest absolute Gasteiger partial charge is 0.216 e. The summed E-state index contributed by atoms with van der Waals surface area (Å²) < 4.78 is 5.47. The number of nitriles is 1. The van der Waals surface area contributed by atoms with Crippen molar-refractivity contribution in [1.29, 1.82) is 5.26 Å². The summed E-state index contributed by atoms with van der Waals surface area (Å²) in [5, 5.41) is 34.3. The van der Waals surface area contributed by atoms with Gasteiger partial charge in [-0.2, -0.15) is 10.5 Å². The fourth-order valence-corrected chi connectivity index (χ4v) is 1.93. The molecule has 114 valence electrons. The molecule has 2 heterocycles. The Kier molecular flexibility index (Phi) is 4.13. The molecule has 0 saturated heterocycles. The average molecular weight is 308 g/mol. The van der Waals surface area contributed by atoms with E-state index in [4.69, 9.17) is 14.8 Å². The predicted octanol–water partition coefficient (Wildman–Crippen LogP) is 1.93. The van der Waals surface area contributed by atoms with E-state index < -0.39 is 0 Å². The molecule has 0 aliphatic carbocycles. The van der Waals surface area contributed by atoms with Crippen molar-refractivity contribution in [2.75, 3.05) is 5.32 Å². The van der Waals surface area contributed by atoms with E-state index in [0.717, 1.165) is 11.3 Å². The number of aromatic nitrogens is 4. The maximum Gasteiger partial charge on any atom is 0.216 e. The van der Waals surface area contributed by atoms with Gasteiger partial charge in [0.2, 0.25) is 5.82 Å². The largest absolute Gasteiger partial charge is 0.459 e. The Morgan fingerprint density at radius 2 is 2.13 bits per heavy atom. The van der Waals surface area contributed by atoms with E-state index in [0.29, 0.717) is 11.5 Å². The maximum absolute atomic E-state index is 9.08. The van der Waals surface area contributed by atoms with Crippen LogP contribution in [0.25, 0.3) is 16.9 Å². The molecule has 0 saturated carbocycles. The monoisotopic (exact) mass is 308 g/mol. The second kappa shape index (κ2) is 6.55. The minimum atomic E-state index is -0.128. The molecule has 0 unspecified atom stereocenters. The summed E-state index contributed by atoms with van der Waals surface area (Å²) in [6, 6.07) is 13.0. The van der Waals surface area contributed by atoms with Crippen LogP contribution in [0.15, 0.2) is 47.0 Å². The molecule has 0 atom stereocenters. The molecule has 1 aromatic carbocycles. The minimum Gasteiger partial charge on any atom is -0.459 e. The van der Waals surface area contributed by atoms with E-state index in [2.05, 4.69) is 25.9 Å². The molecule has 0 fully saturated rings. The van der Waals surface area contributed by atoms with Crippen LogP contribution in [-0.2, 0) is 6.61 Å². The lowest BCUT2D eigenvalue weighted by molar-refractivity contribution is 0.248. The molecule has 3 aromatic rings. The zero-order valence-corrected chi connectivity index (χ0v) is 11.9. The highest BCUT2D eigenvalue weighted by molar-refractivity contribution is 5.74. The molecule has 3 N–H and O–H groups in total. The van der Waals surface area contributed by atoms with Crippen LogP contribution in [0.5, 0.6) is 0 Å². The van der Waals surface area contributed by atoms with Crippen molar-refractivity contribution >= 4 is 11.3 Å². The zero-order chi connectivity index (χ0) is 16.1. The molecule has 8 heteroatoms. The maximum atomic E-state index is 9.08. The van der Waals surface area contributed by atoms with Gasteiger partial charge in [0.15, 0.2) is 0 Å². The van der Waals surface area contributed by atoms with Gasteiger partial charge in [0, 0.05) is 17.5 Å². The fourth-order valence-electron chi connectivity index (χ4n) is 1.93. The highest BCUT2D eigenvalue weighted by Crippen LogP contribution is 2.24. The number of nitrogens with zero attached hydrogens (tertiary/aromatic N) is 4. The molecular weight excluding hydrogens is 296 g/mol.